The summed E-state index contributed by atoms with van der Waals surface area (Å²) in [6.45, 7) is 8.21. The van der Waals surface area contributed by atoms with Crippen molar-refractivity contribution in [2.75, 3.05) is 13.7 Å². The smallest absolute Gasteiger partial charge is 0.463 e. The lowest BCUT2D eigenvalue weighted by atomic mass is 9.70. The van der Waals surface area contributed by atoms with E-state index in [0.29, 0.717) is 6.54 Å². The topological polar surface area (TPSA) is 70.8 Å². The zero-order chi connectivity index (χ0) is 13.3. The number of rotatable bonds is 4. The van der Waals surface area contributed by atoms with Crippen molar-refractivity contribution in [1.29, 1.82) is 0 Å². The van der Waals surface area contributed by atoms with Crippen LogP contribution in [-0.2, 0) is 18.8 Å². The van der Waals surface area contributed by atoms with E-state index in [-0.39, 0.29) is 18.2 Å². The molecule has 1 aliphatic rings. The lowest BCUT2D eigenvalue weighted by molar-refractivity contribution is -0.140. The van der Waals surface area contributed by atoms with Crippen molar-refractivity contribution in [3.8, 4) is 0 Å². The molecule has 5 nitrogen and oxygen atoms in total. The van der Waals surface area contributed by atoms with Gasteiger partial charge in [-0.1, -0.05) is 0 Å². The number of hydrogen-bond donors (Lipinski definition) is 1. The van der Waals surface area contributed by atoms with Crippen LogP contribution < -0.4 is 5.73 Å². The molecule has 0 saturated carbocycles. The van der Waals surface area contributed by atoms with E-state index in [0.717, 1.165) is 0 Å². The first-order chi connectivity index (χ1) is 7.73. The maximum atomic E-state index is 11.3. The summed E-state index contributed by atoms with van der Waals surface area (Å²) in [5.74, 6) is -0.473. The van der Waals surface area contributed by atoms with Gasteiger partial charge < -0.3 is 19.8 Å². The first-order valence-electron chi connectivity index (χ1n) is 5.86. The molecular formula is C11H22BNO4. The normalized spacial score (nSPS) is 23.5. The van der Waals surface area contributed by atoms with Crippen LogP contribution in [0.15, 0.2) is 0 Å². The number of methoxy groups -OCH3 is 1. The van der Waals surface area contributed by atoms with Crippen LogP contribution in [0.4, 0.5) is 0 Å². The first-order valence-corrected chi connectivity index (χ1v) is 5.86. The Labute approximate surface area is 103 Å². The lowest BCUT2D eigenvalue weighted by Crippen LogP contribution is -2.41. The van der Waals surface area contributed by atoms with Gasteiger partial charge in [-0.2, -0.15) is 0 Å². The highest BCUT2D eigenvalue weighted by molar-refractivity contribution is 6.48. The molecule has 1 unspecified atom stereocenters. The van der Waals surface area contributed by atoms with Gasteiger partial charge in [0, 0.05) is 12.2 Å². The number of ether oxygens (including phenoxy) is 1. The monoisotopic (exact) mass is 243 g/mol. The maximum Gasteiger partial charge on any atom is 0.463 e. The molecule has 1 heterocycles. The quantitative estimate of drug-likeness (QED) is 0.588. The van der Waals surface area contributed by atoms with Crippen LogP contribution in [0, 0.1) is 0 Å². The van der Waals surface area contributed by atoms with Crippen molar-refractivity contribution in [3.63, 3.8) is 0 Å². The molecule has 6 heteroatoms. The largest absolute Gasteiger partial charge is 0.469 e. The van der Waals surface area contributed by atoms with Crippen molar-refractivity contribution < 1.29 is 18.8 Å². The van der Waals surface area contributed by atoms with Crippen molar-refractivity contribution >= 4 is 13.1 Å². The number of esters is 1. The van der Waals surface area contributed by atoms with E-state index in [1.54, 1.807) is 0 Å². The van der Waals surface area contributed by atoms with Gasteiger partial charge in [0.05, 0.1) is 18.3 Å². The zero-order valence-electron chi connectivity index (χ0n) is 11.3. The first kappa shape index (κ1) is 14.5. The van der Waals surface area contributed by atoms with E-state index in [1.807, 2.05) is 27.7 Å². The van der Waals surface area contributed by atoms with Gasteiger partial charge in [0.25, 0.3) is 0 Å². The summed E-state index contributed by atoms with van der Waals surface area (Å²) in [6, 6.07) is 0. The SMILES string of the molecule is COC(=O)CC(CN)B1OC(C)(C)C(C)(C)O1. The fourth-order valence-electron chi connectivity index (χ4n) is 1.67. The predicted octanol–water partition coefficient (Wildman–Crippen LogP) is 0.971. The van der Waals surface area contributed by atoms with Gasteiger partial charge in [0.2, 0.25) is 0 Å². The molecular weight excluding hydrogens is 221 g/mol. The van der Waals surface area contributed by atoms with E-state index < -0.39 is 18.3 Å². The van der Waals surface area contributed by atoms with Crippen molar-refractivity contribution in [3.05, 3.63) is 0 Å². The second-order valence-corrected chi connectivity index (χ2v) is 5.40. The Morgan fingerprint density at radius 1 is 1.29 bits per heavy atom. The summed E-state index contributed by atoms with van der Waals surface area (Å²) in [5.41, 5.74) is 4.86. The minimum Gasteiger partial charge on any atom is -0.469 e. The summed E-state index contributed by atoms with van der Waals surface area (Å²) < 4.78 is 16.3. The summed E-state index contributed by atoms with van der Waals surface area (Å²) in [7, 11) is 0.907. The van der Waals surface area contributed by atoms with Crippen LogP contribution in [0.3, 0.4) is 0 Å². The van der Waals surface area contributed by atoms with Crippen LogP contribution in [0.2, 0.25) is 5.82 Å². The van der Waals surface area contributed by atoms with Gasteiger partial charge in [0.15, 0.2) is 0 Å². The van der Waals surface area contributed by atoms with Gasteiger partial charge in [-0.25, -0.2) is 0 Å². The van der Waals surface area contributed by atoms with E-state index in [9.17, 15) is 4.79 Å². The minimum atomic E-state index is -0.455. The molecule has 98 valence electrons. The average molecular weight is 243 g/mol. The van der Waals surface area contributed by atoms with Gasteiger partial charge in [-0.3, -0.25) is 4.79 Å². The molecule has 0 amide bonds. The molecule has 0 aromatic carbocycles. The van der Waals surface area contributed by atoms with Crippen LogP contribution in [0.1, 0.15) is 34.1 Å². The second kappa shape index (κ2) is 4.96. The van der Waals surface area contributed by atoms with Crippen LogP contribution in [0.5, 0.6) is 0 Å². The van der Waals surface area contributed by atoms with E-state index >= 15 is 0 Å². The summed E-state index contributed by atoms with van der Waals surface area (Å²) in [6.07, 6.45) is 0.212. The van der Waals surface area contributed by atoms with E-state index in [1.165, 1.54) is 7.11 Å². The number of carbonyl (C=O) groups is 1. The highest BCUT2D eigenvalue weighted by Crippen LogP contribution is 2.40. The molecule has 1 saturated heterocycles. The third-order valence-electron chi connectivity index (χ3n) is 3.62. The molecule has 0 aromatic heterocycles. The molecule has 1 fully saturated rings. The average Bonchev–Trinajstić information content (AvgIpc) is 2.44. The van der Waals surface area contributed by atoms with Crippen LogP contribution >= 0.6 is 0 Å². The number of nitrogens with two attached hydrogens (primary N) is 1. The lowest BCUT2D eigenvalue weighted by Gasteiger charge is -2.32. The summed E-state index contributed by atoms with van der Waals surface area (Å²) in [4.78, 5) is 11.3. The zero-order valence-corrected chi connectivity index (χ0v) is 11.3. The molecule has 1 aliphatic heterocycles. The molecule has 0 radical (unpaired) electrons. The molecule has 17 heavy (non-hydrogen) atoms. The third-order valence-corrected chi connectivity index (χ3v) is 3.62. The molecule has 0 aromatic rings. The molecule has 0 bridgehead atoms. The standard InChI is InChI=1S/C11H22BNO4/c1-10(2)11(3,4)17-12(16-10)8(7-13)6-9(14)15-5/h8H,6-7,13H2,1-5H3. The second-order valence-electron chi connectivity index (χ2n) is 5.40. The van der Waals surface area contributed by atoms with E-state index in [4.69, 9.17) is 15.0 Å². The molecule has 0 spiro atoms. The summed E-state index contributed by atoms with van der Waals surface area (Å²) in [5, 5.41) is 0. The molecule has 1 rings (SSSR count). The maximum absolute atomic E-state index is 11.3. The van der Waals surface area contributed by atoms with Crippen molar-refractivity contribution in [2.45, 2.75) is 51.1 Å². The van der Waals surface area contributed by atoms with Crippen LogP contribution in [0.25, 0.3) is 0 Å². The number of carbonyl (C=O) groups excluding carboxylic acids is 1. The fourth-order valence-corrected chi connectivity index (χ4v) is 1.67. The summed E-state index contributed by atoms with van der Waals surface area (Å²) >= 11 is 0. The fraction of sp³-hybridized carbons (Fsp3) is 0.909. The molecule has 0 aliphatic carbocycles. The number of hydrogen-bond acceptors (Lipinski definition) is 5. The van der Waals surface area contributed by atoms with Gasteiger partial charge in [-0.15, -0.1) is 0 Å². The Balaban J connectivity index is 2.71. The van der Waals surface area contributed by atoms with Crippen molar-refractivity contribution in [1.82, 2.24) is 0 Å². The van der Waals surface area contributed by atoms with Gasteiger partial charge in [-0.05, 0) is 34.2 Å². The van der Waals surface area contributed by atoms with E-state index in [2.05, 4.69) is 4.74 Å². The third kappa shape index (κ3) is 3.00. The Morgan fingerprint density at radius 3 is 2.12 bits per heavy atom. The molecule has 2 N–H and O–H groups in total. The Morgan fingerprint density at radius 2 is 1.76 bits per heavy atom. The molecule has 1 atom stereocenters. The highest BCUT2D eigenvalue weighted by atomic mass is 16.7. The highest BCUT2D eigenvalue weighted by Gasteiger charge is 2.53. The van der Waals surface area contributed by atoms with Crippen LogP contribution in [-0.4, -0.2) is 37.9 Å². The van der Waals surface area contributed by atoms with Gasteiger partial charge >= 0.3 is 13.1 Å². The van der Waals surface area contributed by atoms with Gasteiger partial charge in [0.1, 0.15) is 0 Å². The Kier molecular flexibility index (Phi) is 4.22. The Hall–Kier alpha value is -0.585. The van der Waals surface area contributed by atoms with Crippen molar-refractivity contribution in [2.24, 2.45) is 5.73 Å². The minimum absolute atomic E-state index is 0.177. The predicted molar refractivity (Wildman–Crippen MR) is 65.5 cm³/mol. The Bertz CT molecular complexity index is 277.